The van der Waals surface area contributed by atoms with Crippen LogP contribution in [0.25, 0.3) is 11.3 Å². The lowest BCUT2D eigenvalue weighted by Crippen LogP contribution is -2.13. The third kappa shape index (κ3) is 4.13. The van der Waals surface area contributed by atoms with E-state index < -0.39 is 15.1 Å². The highest BCUT2D eigenvalue weighted by Crippen LogP contribution is 2.22. The summed E-state index contributed by atoms with van der Waals surface area (Å²) in [6, 6.07) is 10.1. The van der Waals surface area contributed by atoms with Crippen molar-refractivity contribution in [1.29, 1.82) is 0 Å². The Morgan fingerprint density at radius 1 is 1.00 bits per heavy atom. The summed E-state index contributed by atoms with van der Waals surface area (Å²) in [5, 5.41) is -0.477. The van der Waals surface area contributed by atoms with Crippen molar-refractivity contribution in [2.45, 2.75) is 24.0 Å². The number of nitrogens with zero attached hydrogens (tertiary/aromatic N) is 3. The van der Waals surface area contributed by atoms with Gasteiger partial charge in [0.1, 0.15) is 0 Å². The van der Waals surface area contributed by atoms with Gasteiger partial charge in [-0.1, -0.05) is 18.1 Å². The number of rotatable bonds is 3. The molecule has 27 heavy (non-hydrogen) atoms. The van der Waals surface area contributed by atoms with Crippen LogP contribution in [0.1, 0.15) is 25.1 Å². The Labute approximate surface area is 158 Å². The van der Waals surface area contributed by atoms with E-state index in [4.69, 9.17) is 5.73 Å². The highest BCUT2D eigenvalue weighted by Gasteiger charge is 2.19. The summed E-state index contributed by atoms with van der Waals surface area (Å²) >= 11 is 0. The molecule has 0 aliphatic rings. The van der Waals surface area contributed by atoms with Gasteiger partial charge in [0.05, 0.1) is 22.0 Å². The summed E-state index contributed by atoms with van der Waals surface area (Å²) in [6.45, 7) is 3.31. The number of anilines is 1. The molecule has 0 radical (unpaired) electrons. The first-order valence-electron chi connectivity index (χ1n) is 8.27. The summed E-state index contributed by atoms with van der Waals surface area (Å²) < 4.78 is 24.5. The fourth-order valence-corrected chi connectivity index (χ4v) is 3.34. The molecule has 0 aliphatic heterocycles. The summed E-state index contributed by atoms with van der Waals surface area (Å²) in [4.78, 5) is 12.8. The lowest BCUT2D eigenvalue weighted by molar-refractivity contribution is 0.587. The Morgan fingerprint density at radius 2 is 1.67 bits per heavy atom. The number of hydrogen-bond acceptors (Lipinski definition) is 6. The largest absolute Gasteiger partial charge is 0.381 e. The van der Waals surface area contributed by atoms with E-state index in [0.717, 1.165) is 11.1 Å². The van der Waals surface area contributed by atoms with Crippen LogP contribution in [0.2, 0.25) is 0 Å². The number of benzene rings is 1. The minimum absolute atomic E-state index is 0.235. The van der Waals surface area contributed by atoms with Gasteiger partial charge in [-0.25, -0.2) is 18.4 Å². The first-order chi connectivity index (χ1) is 12.9. The molecular weight excluding hydrogens is 360 g/mol. The molecule has 0 amide bonds. The van der Waals surface area contributed by atoms with Crippen molar-refractivity contribution in [1.82, 2.24) is 15.0 Å². The molecular formula is C20H18N4O2S. The Hall–Kier alpha value is -3.24. The van der Waals surface area contributed by atoms with E-state index in [-0.39, 0.29) is 10.7 Å². The van der Waals surface area contributed by atoms with Crippen molar-refractivity contribution in [3.63, 3.8) is 0 Å². The summed E-state index contributed by atoms with van der Waals surface area (Å²) in [6.07, 6.45) is 4.85. The van der Waals surface area contributed by atoms with Crippen molar-refractivity contribution < 1.29 is 8.42 Å². The van der Waals surface area contributed by atoms with Crippen LogP contribution in [0.5, 0.6) is 0 Å². The van der Waals surface area contributed by atoms with Gasteiger partial charge in [-0.3, -0.25) is 4.98 Å². The molecule has 1 aromatic carbocycles. The first kappa shape index (κ1) is 18.5. The van der Waals surface area contributed by atoms with Gasteiger partial charge in [-0.05, 0) is 44.0 Å². The van der Waals surface area contributed by atoms with Crippen LogP contribution in [0.15, 0.2) is 59.9 Å². The molecule has 6 nitrogen and oxygen atoms in total. The zero-order valence-electron chi connectivity index (χ0n) is 14.9. The van der Waals surface area contributed by atoms with Crippen LogP contribution in [-0.4, -0.2) is 28.6 Å². The van der Waals surface area contributed by atoms with Gasteiger partial charge < -0.3 is 5.73 Å². The van der Waals surface area contributed by atoms with Crippen LogP contribution in [0, 0.1) is 11.8 Å². The second kappa shape index (κ2) is 7.56. The normalized spacial score (nSPS) is 11.1. The smallest absolute Gasteiger partial charge is 0.180 e. The molecule has 7 heteroatoms. The number of hydrogen-bond donors (Lipinski definition) is 1. The standard InChI is InChI=1S/C20H18N4O2S/c1-14(2)27(25,26)17-6-4-16(5-7-17)19-13-23-20(21)18(24-19)8-3-15-9-11-22-12-10-15/h4-7,9-14H,1-2H3,(H2,21,23). The predicted molar refractivity (Wildman–Crippen MR) is 104 cm³/mol. The van der Waals surface area contributed by atoms with Crippen LogP contribution < -0.4 is 5.73 Å². The van der Waals surface area contributed by atoms with E-state index in [2.05, 4.69) is 26.8 Å². The number of nitrogen functional groups attached to an aromatic ring is 1. The summed E-state index contributed by atoms with van der Waals surface area (Å²) in [5.41, 5.74) is 8.33. The fourth-order valence-electron chi connectivity index (χ4n) is 2.28. The average Bonchev–Trinajstić information content (AvgIpc) is 2.68. The molecule has 0 spiro atoms. The van der Waals surface area contributed by atoms with Gasteiger partial charge in [0.15, 0.2) is 21.3 Å². The third-order valence-corrected chi connectivity index (χ3v) is 6.08. The Morgan fingerprint density at radius 3 is 2.30 bits per heavy atom. The van der Waals surface area contributed by atoms with Gasteiger partial charge in [-0.15, -0.1) is 0 Å². The minimum Gasteiger partial charge on any atom is -0.381 e. The van der Waals surface area contributed by atoms with Crippen LogP contribution in [0.4, 0.5) is 5.82 Å². The topological polar surface area (TPSA) is 98.8 Å². The average molecular weight is 378 g/mol. The maximum atomic E-state index is 12.2. The van der Waals surface area contributed by atoms with E-state index in [9.17, 15) is 8.42 Å². The number of aromatic nitrogens is 3. The second-order valence-corrected chi connectivity index (χ2v) is 8.60. The maximum absolute atomic E-state index is 12.2. The Bertz CT molecular complexity index is 1110. The number of nitrogens with two attached hydrogens (primary N) is 1. The molecule has 0 bridgehead atoms. The van der Waals surface area contributed by atoms with E-state index in [0.29, 0.717) is 11.4 Å². The SMILES string of the molecule is CC(C)S(=O)(=O)c1ccc(-c2cnc(N)c(C#Cc3ccncc3)n2)cc1. The lowest BCUT2D eigenvalue weighted by atomic mass is 10.1. The predicted octanol–water partition coefficient (Wildman–Crippen LogP) is 2.70. The highest BCUT2D eigenvalue weighted by atomic mass is 32.2. The zero-order chi connectivity index (χ0) is 19.4. The monoisotopic (exact) mass is 378 g/mol. The second-order valence-electron chi connectivity index (χ2n) is 6.09. The van der Waals surface area contributed by atoms with Crippen molar-refractivity contribution in [2.75, 3.05) is 5.73 Å². The fraction of sp³-hybridized carbons (Fsp3) is 0.150. The molecule has 3 aromatic rings. The van der Waals surface area contributed by atoms with E-state index in [1.54, 1.807) is 68.8 Å². The molecule has 2 N–H and O–H groups in total. The Kier molecular flexibility index (Phi) is 5.19. The molecule has 0 fully saturated rings. The molecule has 0 saturated carbocycles. The molecule has 0 saturated heterocycles. The molecule has 0 unspecified atom stereocenters. The van der Waals surface area contributed by atoms with E-state index in [1.807, 2.05) is 0 Å². The van der Waals surface area contributed by atoms with Crippen LogP contribution in [-0.2, 0) is 9.84 Å². The molecule has 136 valence electrons. The van der Waals surface area contributed by atoms with Crippen molar-refractivity contribution in [3.05, 3.63) is 66.2 Å². The zero-order valence-corrected chi connectivity index (χ0v) is 15.7. The molecule has 0 atom stereocenters. The van der Waals surface area contributed by atoms with Crippen molar-refractivity contribution in [3.8, 4) is 23.1 Å². The highest BCUT2D eigenvalue weighted by molar-refractivity contribution is 7.92. The molecule has 2 aromatic heterocycles. The molecule has 2 heterocycles. The lowest BCUT2D eigenvalue weighted by Gasteiger charge is -2.08. The van der Waals surface area contributed by atoms with Gasteiger partial charge in [0.2, 0.25) is 0 Å². The van der Waals surface area contributed by atoms with E-state index in [1.165, 1.54) is 0 Å². The van der Waals surface area contributed by atoms with Crippen molar-refractivity contribution in [2.24, 2.45) is 0 Å². The summed E-state index contributed by atoms with van der Waals surface area (Å²) in [5.74, 6) is 6.12. The first-order valence-corrected chi connectivity index (χ1v) is 9.81. The van der Waals surface area contributed by atoms with Gasteiger partial charge in [0, 0.05) is 23.5 Å². The van der Waals surface area contributed by atoms with Gasteiger partial charge in [0.25, 0.3) is 0 Å². The number of sulfone groups is 1. The van der Waals surface area contributed by atoms with Gasteiger partial charge >= 0.3 is 0 Å². The third-order valence-electron chi connectivity index (χ3n) is 3.91. The molecule has 3 rings (SSSR count). The van der Waals surface area contributed by atoms with Crippen molar-refractivity contribution >= 4 is 15.7 Å². The quantitative estimate of drug-likeness (QED) is 0.704. The van der Waals surface area contributed by atoms with Crippen LogP contribution in [0.3, 0.4) is 0 Å². The maximum Gasteiger partial charge on any atom is 0.180 e. The number of pyridine rings is 1. The molecule has 0 aliphatic carbocycles. The minimum atomic E-state index is -3.31. The van der Waals surface area contributed by atoms with E-state index >= 15 is 0 Å². The Balaban J connectivity index is 1.94. The van der Waals surface area contributed by atoms with Gasteiger partial charge in [-0.2, -0.15) is 0 Å². The van der Waals surface area contributed by atoms with Crippen LogP contribution >= 0.6 is 0 Å². The summed E-state index contributed by atoms with van der Waals surface area (Å²) in [7, 11) is -3.31.